The Morgan fingerprint density at radius 1 is 1.03 bits per heavy atom. The van der Waals surface area contributed by atoms with E-state index in [0.29, 0.717) is 17.1 Å². The lowest BCUT2D eigenvalue weighted by Crippen LogP contribution is -2.37. The van der Waals surface area contributed by atoms with E-state index in [2.05, 4.69) is 13.8 Å². The van der Waals surface area contributed by atoms with Crippen LogP contribution in [0.5, 0.6) is 11.5 Å². The molecule has 0 saturated heterocycles. The van der Waals surface area contributed by atoms with Gasteiger partial charge < -0.3 is 25.1 Å². The van der Waals surface area contributed by atoms with Gasteiger partial charge in [-0.2, -0.15) is 11.8 Å². The summed E-state index contributed by atoms with van der Waals surface area (Å²) in [5.74, 6) is 0.0615. The molecule has 0 bridgehead atoms. The maximum Gasteiger partial charge on any atom is 0.341 e. The summed E-state index contributed by atoms with van der Waals surface area (Å²) in [5.41, 5.74) is 10.1. The third-order valence-electron chi connectivity index (χ3n) is 5.87. The van der Waals surface area contributed by atoms with Crippen LogP contribution in [-0.2, 0) is 29.0 Å². The largest absolute Gasteiger partial charge is 0.495 e. The average Bonchev–Trinajstić information content (AvgIpc) is 2.85. The molecule has 2 aromatic rings. The lowest BCUT2D eigenvalue weighted by Gasteiger charge is -2.24. The van der Waals surface area contributed by atoms with Crippen LogP contribution in [0.1, 0.15) is 65.2 Å². The number of thioether (sulfide) groups is 1. The van der Waals surface area contributed by atoms with Crippen LogP contribution in [-0.4, -0.2) is 49.3 Å². The van der Waals surface area contributed by atoms with Gasteiger partial charge in [0.1, 0.15) is 29.7 Å². The first-order chi connectivity index (χ1) is 16.8. The van der Waals surface area contributed by atoms with Crippen molar-refractivity contribution in [3.8, 4) is 11.5 Å². The van der Waals surface area contributed by atoms with E-state index in [4.69, 9.17) is 19.9 Å². The third kappa shape index (κ3) is 7.15. The van der Waals surface area contributed by atoms with E-state index >= 15 is 0 Å². The van der Waals surface area contributed by atoms with Crippen LogP contribution in [0.2, 0.25) is 0 Å². The number of benzene rings is 2. The van der Waals surface area contributed by atoms with Gasteiger partial charge in [0.05, 0.1) is 14.2 Å². The molecule has 2 aromatic carbocycles. The number of methoxy groups -OCH3 is 2. The number of carboxylic acids is 1. The molecule has 2 unspecified atom stereocenters. The number of aliphatic carboxylic acids is 1. The zero-order chi connectivity index (χ0) is 26.0. The SMILES string of the molecule is CCCc1cc(C(CSC)C(N)C(=O)O)cc(CCC)c1OCc1cccc(C(=O)OC)c1OC. The number of hydrogen-bond acceptors (Lipinski definition) is 7. The Hall–Kier alpha value is -2.71. The minimum absolute atomic E-state index is 0.212. The number of carbonyl (C=O) groups excluding carboxylic acids is 1. The van der Waals surface area contributed by atoms with Crippen LogP contribution in [0, 0.1) is 0 Å². The third-order valence-corrected chi connectivity index (χ3v) is 6.57. The second kappa shape index (κ2) is 14.0. The van der Waals surface area contributed by atoms with Crippen molar-refractivity contribution in [1.29, 1.82) is 0 Å². The topological polar surface area (TPSA) is 108 Å². The minimum Gasteiger partial charge on any atom is -0.495 e. The maximum atomic E-state index is 12.2. The normalized spacial score (nSPS) is 12.6. The Labute approximate surface area is 212 Å². The van der Waals surface area contributed by atoms with E-state index < -0.39 is 18.0 Å². The highest BCUT2D eigenvalue weighted by molar-refractivity contribution is 7.98. The number of carbonyl (C=O) groups is 2. The lowest BCUT2D eigenvalue weighted by atomic mass is 9.88. The molecule has 0 aliphatic rings. The Morgan fingerprint density at radius 3 is 2.14 bits per heavy atom. The fraction of sp³-hybridized carbons (Fsp3) is 0.481. The van der Waals surface area contributed by atoms with E-state index in [-0.39, 0.29) is 12.5 Å². The van der Waals surface area contributed by atoms with Gasteiger partial charge >= 0.3 is 11.9 Å². The Morgan fingerprint density at radius 2 is 1.66 bits per heavy atom. The number of ether oxygens (including phenoxy) is 3. The summed E-state index contributed by atoms with van der Waals surface area (Å²) in [6, 6.07) is 8.40. The highest BCUT2D eigenvalue weighted by atomic mass is 32.2. The highest BCUT2D eigenvalue weighted by Gasteiger charge is 2.27. The molecule has 0 heterocycles. The van der Waals surface area contributed by atoms with Gasteiger partial charge in [-0.1, -0.05) is 51.0 Å². The second-order valence-corrected chi connectivity index (χ2v) is 9.28. The van der Waals surface area contributed by atoms with Crippen LogP contribution in [0.15, 0.2) is 30.3 Å². The van der Waals surface area contributed by atoms with Crippen molar-refractivity contribution in [1.82, 2.24) is 0 Å². The molecule has 2 rings (SSSR count). The van der Waals surface area contributed by atoms with Crippen LogP contribution >= 0.6 is 11.8 Å². The predicted octanol–water partition coefficient (Wildman–Crippen LogP) is 4.82. The van der Waals surface area contributed by atoms with Gasteiger partial charge in [-0.15, -0.1) is 0 Å². The van der Waals surface area contributed by atoms with Crippen molar-refractivity contribution >= 4 is 23.7 Å². The Kier molecular flexibility index (Phi) is 11.4. The smallest absolute Gasteiger partial charge is 0.341 e. The molecule has 8 heteroatoms. The first-order valence-electron chi connectivity index (χ1n) is 11.8. The molecule has 2 atom stereocenters. The molecule has 0 fully saturated rings. The number of nitrogens with two attached hydrogens (primary N) is 1. The second-order valence-electron chi connectivity index (χ2n) is 8.37. The van der Waals surface area contributed by atoms with Crippen molar-refractivity contribution in [2.75, 3.05) is 26.2 Å². The molecule has 0 aliphatic carbocycles. The fourth-order valence-corrected chi connectivity index (χ4v) is 4.97. The predicted molar refractivity (Wildman–Crippen MR) is 140 cm³/mol. The molecular formula is C27H37NO6S. The molecule has 0 aliphatic heterocycles. The summed E-state index contributed by atoms with van der Waals surface area (Å²) in [5, 5.41) is 9.58. The Bertz CT molecular complexity index is 982. The molecule has 3 N–H and O–H groups in total. The van der Waals surface area contributed by atoms with Crippen molar-refractivity contribution in [2.45, 2.75) is 58.1 Å². The zero-order valence-electron chi connectivity index (χ0n) is 21.3. The van der Waals surface area contributed by atoms with E-state index in [1.54, 1.807) is 23.9 Å². The number of carboxylic acid groups (broad SMARTS) is 1. The molecule has 192 valence electrons. The van der Waals surface area contributed by atoms with Gasteiger partial charge in [0.2, 0.25) is 0 Å². The molecule has 0 amide bonds. The Balaban J connectivity index is 2.52. The van der Waals surface area contributed by atoms with Crippen LogP contribution < -0.4 is 15.2 Å². The monoisotopic (exact) mass is 503 g/mol. The molecule has 0 radical (unpaired) electrons. The summed E-state index contributed by atoms with van der Waals surface area (Å²) < 4.78 is 16.8. The molecule has 0 aromatic heterocycles. The van der Waals surface area contributed by atoms with Crippen molar-refractivity contribution in [3.05, 3.63) is 58.1 Å². The van der Waals surface area contributed by atoms with Crippen molar-refractivity contribution in [2.24, 2.45) is 5.73 Å². The van der Waals surface area contributed by atoms with Gasteiger partial charge in [-0.25, -0.2) is 4.79 Å². The molecule has 35 heavy (non-hydrogen) atoms. The van der Waals surface area contributed by atoms with Gasteiger partial charge in [-0.3, -0.25) is 4.79 Å². The summed E-state index contributed by atoms with van der Waals surface area (Å²) in [4.78, 5) is 23.8. The van der Waals surface area contributed by atoms with E-state index in [0.717, 1.165) is 53.7 Å². The number of aryl methyl sites for hydroxylation is 2. The highest BCUT2D eigenvalue weighted by Crippen LogP contribution is 2.35. The fourth-order valence-electron chi connectivity index (χ4n) is 4.21. The lowest BCUT2D eigenvalue weighted by molar-refractivity contribution is -0.138. The molecule has 0 spiro atoms. The summed E-state index contributed by atoms with van der Waals surface area (Å²) in [6.45, 7) is 4.41. The minimum atomic E-state index is -1.00. The summed E-state index contributed by atoms with van der Waals surface area (Å²) in [7, 11) is 2.85. The van der Waals surface area contributed by atoms with Gasteiger partial charge in [0.15, 0.2) is 0 Å². The standard InChI is InChI=1S/C27H37NO6S/c1-6-9-17-13-20(22(16-35-5)23(28)26(29)30)14-18(10-7-2)24(17)34-15-19-11-8-12-21(25(19)32-3)27(31)33-4/h8,11-14,22-23H,6-7,9-10,15-16,28H2,1-5H3,(H,29,30). The van der Waals surface area contributed by atoms with Crippen LogP contribution in [0.25, 0.3) is 0 Å². The number of hydrogen-bond donors (Lipinski definition) is 2. The van der Waals surface area contributed by atoms with E-state index in [9.17, 15) is 14.7 Å². The van der Waals surface area contributed by atoms with Crippen molar-refractivity contribution in [3.63, 3.8) is 0 Å². The van der Waals surface area contributed by atoms with Gasteiger partial charge in [0.25, 0.3) is 0 Å². The average molecular weight is 504 g/mol. The molecule has 7 nitrogen and oxygen atoms in total. The number of para-hydroxylation sites is 1. The van der Waals surface area contributed by atoms with Crippen LogP contribution in [0.4, 0.5) is 0 Å². The summed E-state index contributed by atoms with van der Waals surface area (Å²) >= 11 is 1.58. The van der Waals surface area contributed by atoms with Gasteiger partial charge in [0, 0.05) is 17.2 Å². The first kappa shape index (κ1) is 28.5. The summed E-state index contributed by atoms with van der Waals surface area (Å²) in [6.07, 6.45) is 5.34. The first-order valence-corrected chi connectivity index (χ1v) is 13.2. The number of esters is 1. The van der Waals surface area contributed by atoms with E-state index in [1.807, 2.05) is 24.5 Å². The quantitative estimate of drug-likeness (QED) is 0.353. The van der Waals surface area contributed by atoms with E-state index in [1.165, 1.54) is 14.2 Å². The number of rotatable bonds is 14. The molecule has 0 saturated carbocycles. The zero-order valence-corrected chi connectivity index (χ0v) is 22.1. The molecular weight excluding hydrogens is 466 g/mol. The maximum absolute atomic E-state index is 12.2. The van der Waals surface area contributed by atoms with Crippen molar-refractivity contribution < 1.29 is 28.9 Å². The van der Waals surface area contributed by atoms with Gasteiger partial charge in [-0.05, 0) is 41.9 Å². The van der Waals surface area contributed by atoms with Crippen LogP contribution in [0.3, 0.4) is 0 Å².